The molecule has 0 spiro atoms. The molecule has 0 aliphatic rings. The third-order valence-corrected chi connectivity index (χ3v) is 0.974. The zero-order valence-electron chi connectivity index (χ0n) is 4.60. The van der Waals surface area contributed by atoms with Crippen LogP contribution in [-0.2, 0) is 0 Å². The van der Waals surface area contributed by atoms with E-state index in [1.807, 2.05) is 6.92 Å². The van der Waals surface area contributed by atoms with Crippen LogP contribution in [0.2, 0.25) is 0 Å². The van der Waals surface area contributed by atoms with Crippen LogP contribution in [0, 0.1) is 0 Å². The molecule has 8 heavy (non-hydrogen) atoms. The van der Waals surface area contributed by atoms with Crippen molar-refractivity contribution in [3.63, 3.8) is 0 Å². The molecule has 0 aliphatic carbocycles. The fourth-order valence-corrected chi connectivity index (χ4v) is 0.326. The average Bonchev–Trinajstić information content (AvgIpc) is 1.65. The first-order valence-electron chi connectivity index (χ1n) is 2.26. The fourth-order valence-electron chi connectivity index (χ4n) is 0.226. The summed E-state index contributed by atoms with van der Waals surface area (Å²) in [5, 5.41) is 2.26. The molecule has 0 rings (SSSR count). The maximum absolute atomic E-state index is 9.99. The molecular formula is C4H8N2OS. The number of urea groups is 1. The van der Waals surface area contributed by atoms with Gasteiger partial charge in [-0.2, -0.15) is 0 Å². The normalized spacial score (nSPS) is 8.12. The average molecular weight is 132 g/mol. The van der Waals surface area contributed by atoms with Crippen LogP contribution in [0.4, 0.5) is 4.79 Å². The smallest absolute Gasteiger partial charge is 0.317 e. The van der Waals surface area contributed by atoms with Crippen molar-refractivity contribution in [2.75, 3.05) is 0 Å². The SMILES string of the molecule is CCC(=S)NC(N)=O. The number of carbonyl (C=O) groups excluding carboxylic acids is 1. The predicted molar refractivity (Wildman–Crippen MR) is 35.6 cm³/mol. The molecule has 0 aromatic carbocycles. The molecule has 0 saturated carbocycles. The van der Waals surface area contributed by atoms with Crippen molar-refractivity contribution in [3.05, 3.63) is 0 Å². The predicted octanol–water partition coefficient (Wildman–Crippen LogP) is 0.392. The van der Waals surface area contributed by atoms with Crippen molar-refractivity contribution < 1.29 is 4.79 Å². The standard InChI is InChI=1S/C4H8N2OS/c1-2-3(8)6-4(5)7/h2H2,1H3,(H3,5,6,7,8). The molecule has 0 aromatic rings. The van der Waals surface area contributed by atoms with E-state index in [9.17, 15) is 4.79 Å². The minimum atomic E-state index is -0.586. The Morgan fingerprint density at radius 2 is 2.38 bits per heavy atom. The monoisotopic (exact) mass is 132 g/mol. The Hall–Kier alpha value is -0.640. The molecule has 0 aromatic heterocycles. The van der Waals surface area contributed by atoms with Crippen LogP contribution in [0.1, 0.15) is 13.3 Å². The van der Waals surface area contributed by atoms with Gasteiger partial charge in [0.1, 0.15) is 0 Å². The van der Waals surface area contributed by atoms with Gasteiger partial charge in [-0.3, -0.25) is 0 Å². The summed E-state index contributed by atoms with van der Waals surface area (Å²) >= 11 is 4.62. The first-order valence-corrected chi connectivity index (χ1v) is 2.67. The Labute approximate surface area is 53.2 Å². The van der Waals surface area contributed by atoms with Gasteiger partial charge in [-0.15, -0.1) is 0 Å². The van der Waals surface area contributed by atoms with Crippen LogP contribution >= 0.6 is 12.2 Å². The highest BCUT2D eigenvalue weighted by atomic mass is 32.1. The van der Waals surface area contributed by atoms with Gasteiger partial charge in [-0.1, -0.05) is 19.1 Å². The molecular weight excluding hydrogens is 124 g/mol. The summed E-state index contributed by atoms with van der Waals surface area (Å²) in [5.74, 6) is 0. The number of thiocarbonyl (C=S) groups is 1. The molecule has 0 fully saturated rings. The molecule has 3 nitrogen and oxygen atoms in total. The van der Waals surface area contributed by atoms with E-state index in [1.54, 1.807) is 0 Å². The zero-order chi connectivity index (χ0) is 6.57. The molecule has 4 heteroatoms. The zero-order valence-corrected chi connectivity index (χ0v) is 5.42. The minimum absolute atomic E-state index is 0.484. The molecule has 0 radical (unpaired) electrons. The second-order valence-electron chi connectivity index (χ2n) is 1.27. The summed E-state index contributed by atoms with van der Waals surface area (Å²) in [5.41, 5.74) is 4.73. The summed E-state index contributed by atoms with van der Waals surface area (Å²) in [6.07, 6.45) is 0.651. The van der Waals surface area contributed by atoms with Crippen molar-refractivity contribution in [2.24, 2.45) is 5.73 Å². The van der Waals surface area contributed by atoms with Gasteiger partial charge >= 0.3 is 6.03 Å². The number of nitrogens with one attached hydrogen (secondary N) is 1. The Morgan fingerprint density at radius 1 is 1.88 bits per heavy atom. The van der Waals surface area contributed by atoms with Crippen LogP contribution in [0.3, 0.4) is 0 Å². The Kier molecular flexibility index (Phi) is 3.10. The second-order valence-corrected chi connectivity index (χ2v) is 1.76. The van der Waals surface area contributed by atoms with Gasteiger partial charge in [0, 0.05) is 0 Å². The van der Waals surface area contributed by atoms with Crippen LogP contribution in [0.25, 0.3) is 0 Å². The Bertz CT molecular complexity index is 113. The molecule has 3 N–H and O–H groups in total. The van der Waals surface area contributed by atoms with Crippen molar-refractivity contribution in [1.82, 2.24) is 5.32 Å². The van der Waals surface area contributed by atoms with E-state index in [2.05, 4.69) is 17.5 Å². The number of primary amides is 1. The summed E-state index contributed by atoms with van der Waals surface area (Å²) in [4.78, 5) is 10.5. The quantitative estimate of drug-likeness (QED) is 0.507. The van der Waals surface area contributed by atoms with Crippen LogP contribution in [0.15, 0.2) is 0 Å². The fraction of sp³-hybridized carbons (Fsp3) is 0.500. The summed E-state index contributed by atoms with van der Waals surface area (Å²) < 4.78 is 0. The number of rotatable bonds is 1. The molecule has 0 heterocycles. The van der Waals surface area contributed by atoms with E-state index < -0.39 is 6.03 Å². The Morgan fingerprint density at radius 3 is 2.50 bits per heavy atom. The second kappa shape index (κ2) is 3.37. The van der Waals surface area contributed by atoms with Crippen LogP contribution in [0.5, 0.6) is 0 Å². The minimum Gasteiger partial charge on any atom is -0.351 e. The van der Waals surface area contributed by atoms with E-state index >= 15 is 0 Å². The molecule has 0 bridgehead atoms. The highest BCUT2D eigenvalue weighted by Gasteiger charge is 1.92. The molecule has 2 amide bonds. The number of hydrogen-bond acceptors (Lipinski definition) is 2. The van der Waals surface area contributed by atoms with Crippen LogP contribution < -0.4 is 11.1 Å². The van der Waals surface area contributed by atoms with Gasteiger partial charge in [0.25, 0.3) is 0 Å². The summed E-state index contributed by atoms with van der Waals surface area (Å²) in [6, 6.07) is -0.586. The lowest BCUT2D eigenvalue weighted by atomic mass is 10.5. The summed E-state index contributed by atoms with van der Waals surface area (Å²) in [7, 11) is 0. The van der Waals surface area contributed by atoms with E-state index in [0.29, 0.717) is 11.4 Å². The third-order valence-electron chi connectivity index (χ3n) is 0.584. The highest BCUT2D eigenvalue weighted by molar-refractivity contribution is 7.80. The van der Waals surface area contributed by atoms with Gasteiger partial charge in [0.05, 0.1) is 4.99 Å². The van der Waals surface area contributed by atoms with E-state index in [1.165, 1.54) is 0 Å². The van der Waals surface area contributed by atoms with Gasteiger partial charge in [-0.25, -0.2) is 4.79 Å². The van der Waals surface area contributed by atoms with Gasteiger partial charge < -0.3 is 11.1 Å². The third kappa shape index (κ3) is 3.55. The molecule has 0 atom stereocenters. The van der Waals surface area contributed by atoms with E-state index in [-0.39, 0.29) is 0 Å². The highest BCUT2D eigenvalue weighted by Crippen LogP contribution is 1.77. The van der Waals surface area contributed by atoms with Crippen molar-refractivity contribution in [1.29, 1.82) is 0 Å². The molecule has 0 aliphatic heterocycles. The van der Waals surface area contributed by atoms with Gasteiger partial charge in [-0.05, 0) is 6.42 Å². The largest absolute Gasteiger partial charge is 0.351 e. The van der Waals surface area contributed by atoms with Crippen LogP contribution in [-0.4, -0.2) is 11.0 Å². The number of amides is 2. The van der Waals surface area contributed by atoms with Gasteiger partial charge in [0.15, 0.2) is 0 Å². The lowest BCUT2D eigenvalue weighted by molar-refractivity contribution is 0.253. The van der Waals surface area contributed by atoms with E-state index in [0.717, 1.165) is 0 Å². The first-order chi connectivity index (χ1) is 3.66. The van der Waals surface area contributed by atoms with E-state index in [4.69, 9.17) is 5.73 Å². The molecule has 0 saturated heterocycles. The first kappa shape index (κ1) is 7.36. The Balaban J connectivity index is 3.40. The van der Waals surface area contributed by atoms with Gasteiger partial charge in [0.2, 0.25) is 0 Å². The topological polar surface area (TPSA) is 55.1 Å². The molecule has 46 valence electrons. The van der Waals surface area contributed by atoms with Crippen molar-refractivity contribution in [2.45, 2.75) is 13.3 Å². The number of hydrogen-bond donors (Lipinski definition) is 2. The number of carbonyl (C=O) groups is 1. The maximum Gasteiger partial charge on any atom is 0.317 e. The summed E-state index contributed by atoms with van der Waals surface area (Å²) in [6.45, 7) is 1.85. The molecule has 0 unspecified atom stereocenters. The lowest BCUT2D eigenvalue weighted by Crippen LogP contribution is -2.33. The lowest BCUT2D eigenvalue weighted by Gasteiger charge is -1.96. The van der Waals surface area contributed by atoms with Crippen molar-refractivity contribution in [3.8, 4) is 0 Å². The maximum atomic E-state index is 9.99. The number of nitrogens with two attached hydrogens (primary N) is 1. The van der Waals surface area contributed by atoms with Crippen molar-refractivity contribution >= 4 is 23.2 Å².